The van der Waals surface area contributed by atoms with Crippen molar-refractivity contribution in [3.8, 4) is 17.2 Å². The molecule has 9 heteroatoms. The van der Waals surface area contributed by atoms with Crippen LogP contribution in [0.15, 0.2) is 67.0 Å². The summed E-state index contributed by atoms with van der Waals surface area (Å²) in [5.74, 6) is 0.747. The number of carbonyl (C=O) groups excluding carboxylic acids is 1. The van der Waals surface area contributed by atoms with E-state index in [9.17, 15) is 13.6 Å². The fourth-order valence-electron chi connectivity index (χ4n) is 3.78. The molecule has 0 unspecified atom stereocenters. The number of carbonyl (C=O) groups is 1. The van der Waals surface area contributed by atoms with Crippen LogP contribution in [0.4, 0.5) is 14.5 Å². The number of hydrogen-bond donors (Lipinski definition) is 0. The third-order valence-corrected chi connectivity index (χ3v) is 11.8. The van der Waals surface area contributed by atoms with E-state index in [1.807, 2.05) is 24.3 Å². The molecular formula is C31H41F2NO5Si. The summed E-state index contributed by atoms with van der Waals surface area (Å²) >= 11 is 0. The molecule has 2 aromatic carbocycles. The van der Waals surface area contributed by atoms with Crippen molar-refractivity contribution < 1.29 is 32.2 Å². The fourth-order valence-corrected chi connectivity index (χ4v) is 4.81. The van der Waals surface area contributed by atoms with Crippen LogP contribution in [0.5, 0.6) is 17.2 Å². The highest BCUT2D eigenvalue weighted by atomic mass is 28.4. The number of allylic oxidation sites excluding steroid dienone is 1. The minimum atomic E-state index is -3.07. The van der Waals surface area contributed by atoms with E-state index < -0.39 is 20.8 Å². The van der Waals surface area contributed by atoms with E-state index in [4.69, 9.17) is 18.6 Å². The first-order valence-electron chi connectivity index (χ1n) is 13.6. The van der Waals surface area contributed by atoms with E-state index >= 15 is 0 Å². The molecule has 6 nitrogen and oxygen atoms in total. The van der Waals surface area contributed by atoms with Crippen LogP contribution in [-0.2, 0) is 9.22 Å². The second kappa shape index (κ2) is 13.5. The average Bonchev–Trinajstić information content (AvgIpc) is 3.74. The zero-order valence-corrected chi connectivity index (χ0v) is 25.3. The summed E-state index contributed by atoms with van der Waals surface area (Å²) in [6.45, 7) is 13.6. The van der Waals surface area contributed by atoms with Crippen LogP contribution < -0.4 is 19.1 Å². The zero-order chi connectivity index (χ0) is 29.5. The van der Waals surface area contributed by atoms with E-state index in [0.29, 0.717) is 24.0 Å². The third kappa shape index (κ3) is 8.41. The van der Waals surface area contributed by atoms with Gasteiger partial charge in [0.15, 0.2) is 25.6 Å². The van der Waals surface area contributed by atoms with Crippen molar-refractivity contribution in [2.75, 3.05) is 24.7 Å². The Balaban J connectivity index is 1.75. The Morgan fingerprint density at radius 1 is 1.10 bits per heavy atom. The Morgan fingerprint density at radius 3 is 2.33 bits per heavy atom. The Labute approximate surface area is 237 Å². The topological polar surface area (TPSA) is 57.2 Å². The van der Waals surface area contributed by atoms with Gasteiger partial charge in [0.1, 0.15) is 12.4 Å². The highest BCUT2D eigenvalue weighted by molar-refractivity contribution is 6.74. The molecule has 0 radical (unpaired) electrons. The van der Waals surface area contributed by atoms with Crippen molar-refractivity contribution in [2.45, 2.75) is 71.2 Å². The van der Waals surface area contributed by atoms with Crippen molar-refractivity contribution in [2.24, 2.45) is 0 Å². The number of hydrogen-bond acceptors (Lipinski definition) is 5. The Kier molecular flexibility index (Phi) is 10.5. The number of alkyl halides is 2. The molecule has 218 valence electrons. The second-order valence-electron chi connectivity index (χ2n) is 11.3. The molecule has 0 aromatic heterocycles. The van der Waals surface area contributed by atoms with Crippen LogP contribution >= 0.6 is 0 Å². The summed E-state index contributed by atoms with van der Waals surface area (Å²) in [7, 11) is -1.98. The van der Waals surface area contributed by atoms with Crippen LogP contribution in [0, 0.1) is 0 Å². The smallest absolute Gasteiger partial charge is 0.387 e. The van der Waals surface area contributed by atoms with Gasteiger partial charge in [0, 0.05) is 18.3 Å². The predicted molar refractivity (Wildman–Crippen MR) is 157 cm³/mol. The number of anilines is 1. The first kappa shape index (κ1) is 31.4. The molecule has 0 saturated heterocycles. The van der Waals surface area contributed by atoms with Gasteiger partial charge < -0.3 is 23.5 Å². The third-order valence-electron chi connectivity index (χ3n) is 7.25. The molecule has 1 saturated carbocycles. The van der Waals surface area contributed by atoms with Crippen molar-refractivity contribution in [1.29, 1.82) is 0 Å². The highest BCUT2D eigenvalue weighted by Gasteiger charge is 2.37. The number of nitrogens with zero attached hydrogens (tertiary/aromatic N) is 1. The number of ether oxygens (including phenoxy) is 3. The van der Waals surface area contributed by atoms with Gasteiger partial charge in [-0.15, -0.1) is 6.58 Å². The van der Waals surface area contributed by atoms with Gasteiger partial charge in [-0.3, -0.25) is 4.79 Å². The first-order chi connectivity index (χ1) is 18.9. The van der Waals surface area contributed by atoms with E-state index in [2.05, 4.69) is 40.4 Å². The summed E-state index contributed by atoms with van der Waals surface area (Å²) in [5.41, 5.74) is 1.59. The molecule has 1 amide bonds. The predicted octanol–water partition coefficient (Wildman–Crippen LogP) is 8.07. The van der Waals surface area contributed by atoms with Crippen molar-refractivity contribution >= 4 is 19.9 Å². The van der Waals surface area contributed by atoms with E-state index in [1.165, 1.54) is 35.4 Å². The van der Waals surface area contributed by atoms with Gasteiger partial charge in [0.2, 0.25) is 0 Å². The highest BCUT2D eigenvalue weighted by Crippen LogP contribution is 2.40. The molecule has 0 bridgehead atoms. The molecule has 0 heterocycles. The molecule has 3 rings (SSSR count). The average molecular weight is 574 g/mol. The molecule has 0 N–H and O–H groups in total. The van der Waals surface area contributed by atoms with Gasteiger partial charge >= 0.3 is 6.61 Å². The first-order valence-corrected chi connectivity index (χ1v) is 16.5. The van der Waals surface area contributed by atoms with Crippen molar-refractivity contribution in [1.82, 2.24) is 0 Å². The maximum absolute atomic E-state index is 13.5. The molecule has 0 spiro atoms. The van der Waals surface area contributed by atoms with Crippen LogP contribution in [0.2, 0.25) is 18.1 Å². The maximum atomic E-state index is 13.5. The largest absolute Gasteiger partial charge is 0.487 e. The van der Waals surface area contributed by atoms with Gasteiger partial charge in [-0.1, -0.05) is 39.0 Å². The number of rotatable bonds is 14. The minimum absolute atomic E-state index is 0.0370. The Bertz CT molecular complexity index is 1190. The summed E-state index contributed by atoms with van der Waals surface area (Å²) in [6.07, 6.45) is 5.51. The lowest BCUT2D eigenvalue weighted by Crippen LogP contribution is -2.41. The lowest BCUT2D eigenvalue weighted by atomic mass is 10.1. The maximum Gasteiger partial charge on any atom is 0.387 e. The SMILES string of the molecule is C=CCN(C(=O)C(=CC)Oc1ccc(C2CC2)cc1)c1ccc(OCCO[Si](C)(C)C(C)(C)C)c(OC(F)F)c1. The van der Waals surface area contributed by atoms with Crippen molar-refractivity contribution in [3.05, 3.63) is 72.5 Å². The zero-order valence-electron chi connectivity index (χ0n) is 24.3. The van der Waals surface area contributed by atoms with Crippen LogP contribution in [-0.4, -0.2) is 40.6 Å². The molecule has 0 atom stereocenters. The normalized spacial score (nSPS) is 14.2. The fraction of sp³-hybridized carbons (Fsp3) is 0.452. The van der Waals surface area contributed by atoms with E-state index in [-0.39, 0.29) is 35.4 Å². The summed E-state index contributed by atoms with van der Waals surface area (Å²) < 4.78 is 49.1. The Hall–Kier alpha value is -3.17. The molecule has 1 fully saturated rings. The molecule has 40 heavy (non-hydrogen) atoms. The quantitative estimate of drug-likeness (QED) is 0.0752. The van der Waals surface area contributed by atoms with E-state index in [0.717, 1.165) is 0 Å². The lowest BCUT2D eigenvalue weighted by Gasteiger charge is -2.36. The van der Waals surface area contributed by atoms with Crippen molar-refractivity contribution in [3.63, 3.8) is 0 Å². The number of benzene rings is 2. The van der Waals surface area contributed by atoms with Gasteiger partial charge in [0.05, 0.1) is 6.61 Å². The summed E-state index contributed by atoms with van der Waals surface area (Å²) in [5, 5.41) is 0.0370. The molecule has 0 aliphatic heterocycles. The number of halogens is 2. The van der Waals surface area contributed by atoms with Crippen LogP contribution in [0.3, 0.4) is 0 Å². The molecular weight excluding hydrogens is 532 g/mol. The minimum Gasteiger partial charge on any atom is -0.487 e. The lowest BCUT2D eigenvalue weighted by molar-refractivity contribution is -0.117. The molecule has 1 aliphatic carbocycles. The van der Waals surface area contributed by atoms with Crippen LogP contribution in [0.1, 0.15) is 52.0 Å². The van der Waals surface area contributed by atoms with Gasteiger partial charge in [-0.2, -0.15) is 8.78 Å². The van der Waals surface area contributed by atoms with E-state index in [1.54, 1.807) is 25.1 Å². The molecule has 2 aromatic rings. The van der Waals surface area contributed by atoms with Gasteiger partial charge in [-0.25, -0.2) is 0 Å². The summed E-state index contributed by atoms with van der Waals surface area (Å²) in [4.78, 5) is 14.9. The van der Waals surface area contributed by atoms with Gasteiger partial charge in [0.25, 0.3) is 5.91 Å². The van der Waals surface area contributed by atoms with Gasteiger partial charge in [-0.05, 0) is 79.7 Å². The summed E-state index contributed by atoms with van der Waals surface area (Å²) in [6, 6.07) is 12.2. The number of amides is 1. The Morgan fingerprint density at radius 2 is 1.77 bits per heavy atom. The second-order valence-corrected chi connectivity index (χ2v) is 16.1. The standard InChI is InChI=1S/C31H41F2NO5Si/c1-8-18-34(29(35)26(9-2)38-25-15-12-23(13-16-25)22-10-11-22)24-14-17-27(28(21-24)39-30(32)33)36-19-20-37-40(6,7)31(3,4)5/h8-9,12-17,21-22,30H,1,10-11,18-20H2,2-7H3. The monoisotopic (exact) mass is 573 g/mol. The van der Waals surface area contributed by atoms with Crippen LogP contribution in [0.25, 0.3) is 0 Å². The molecule has 1 aliphatic rings.